The zero-order chi connectivity index (χ0) is 10.1. The van der Waals surface area contributed by atoms with E-state index in [4.69, 9.17) is 0 Å². The molecule has 76 valence electrons. The van der Waals surface area contributed by atoms with Crippen molar-refractivity contribution in [3.8, 4) is 0 Å². The van der Waals surface area contributed by atoms with Gasteiger partial charge >= 0.3 is 15.2 Å². The predicted molar refractivity (Wildman–Crippen MR) is 60.6 cm³/mol. The Morgan fingerprint density at radius 2 is 1.92 bits per heavy atom. The third kappa shape index (κ3) is 7.29. The Balaban J connectivity index is 3.27. The van der Waals surface area contributed by atoms with Gasteiger partial charge in [0.15, 0.2) is 0 Å². The predicted octanol–water partition coefficient (Wildman–Crippen LogP) is 2.99. The smallest absolute Gasteiger partial charge is 0.321 e. The second kappa shape index (κ2) is 8.79. The van der Waals surface area contributed by atoms with Crippen molar-refractivity contribution in [1.29, 1.82) is 0 Å². The molecule has 13 heavy (non-hydrogen) atoms. The van der Waals surface area contributed by atoms with Crippen molar-refractivity contribution in [3.63, 3.8) is 0 Å². The molecule has 0 aromatic carbocycles. The molecular formula is C11H23AlO. The number of hydrogen-bond donors (Lipinski definition) is 0. The minimum atomic E-state index is -0.390. The summed E-state index contributed by atoms with van der Waals surface area (Å²) in [6.07, 6.45) is 6.28. The van der Waals surface area contributed by atoms with Crippen molar-refractivity contribution in [2.24, 2.45) is 5.92 Å². The molecule has 0 aliphatic carbocycles. The highest BCUT2D eigenvalue weighted by atomic mass is 27.1. The summed E-state index contributed by atoms with van der Waals surface area (Å²) in [5.74, 6) is 0.345. The number of carbonyl (C=O) groups excluding carboxylic acids is 1. The molecule has 0 aliphatic heterocycles. The summed E-state index contributed by atoms with van der Waals surface area (Å²) in [6.45, 7) is 6.40. The number of hydrogen-bond acceptors (Lipinski definition) is 1. The fraction of sp³-hybridized carbons (Fsp3) is 0.909. The van der Waals surface area contributed by atoms with Gasteiger partial charge in [-0.05, 0) is 12.3 Å². The third-order valence-electron chi connectivity index (χ3n) is 2.69. The van der Waals surface area contributed by atoms with Gasteiger partial charge in [0.25, 0.3) is 0 Å². The van der Waals surface area contributed by atoms with Crippen molar-refractivity contribution in [2.75, 3.05) is 0 Å². The van der Waals surface area contributed by atoms with Gasteiger partial charge in [-0.3, -0.25) is 0 Å². The Kier molecular flexibility index (Phi) is 8.92. The Labute approximate surface area is 89.0 Å². The highest BCUT2D eigenvalue weighted by Gasteiger charge is 2.11. The monoisotopic (exact) mass is 198 g/mol. The second-order valence-corrected chi connectivity index (χ2v) is 5.84. The molecule has 0 rings (SSSR count). The maximum Gasteiger partial charge on any atom is 0.343 e. The van der Waals surface area contributed by atoms with Crippen LogP contribution >= 0.6 is 0 Å². The lowest BCUT2D eigenvalue weighted by Crippen LogP contribution is -2.17. The normalized spacial score (nSPS) is 12.5. The molecule has 0 aromatic heterocycles. The molecule has 0 heterocycles. The molecule has 0 saturated heterocycles. The number of rotatable bonds is 8. The van der Waals surface area contributed by atoms with Gasteiger partial charge < -0.3 is 4.79 Å². The molecule has 0 N–H and O–H groups in total. The summed E-state index contributed by atoms with van der Waals surface area (Å²) in [6, 6.07) is 0. The van der Waals surface area contributed by atoms with Crippen molar-refractivity contribution in [2.45, 2.75) is 58.2 Å². The fourth-order valence-corrected chi connectivity index (χ4v) is 3.11. The highest BCUT2D eigenvalue weighted by Crippen LogP contribution is 2.06. The highest BCUT2D eigenvalue weighted by molar-refractivity contribution is 6.74. The topological polar surface area (TPSA) is 17.1 Å². The van der Waals surface area contributed by atoms with E-state index in [1.807, 2.05) is 0 Å². The van der Waals surface area contributed by atoms with Crippen LogP contribution < -0.4 is 0 Å². The summed E-state index contributed by atoms with van der Waals surface area (Å²) in [7, 11) is 0. The van der Waals surface area contributed by atoms with E-state index >= 15 is 0 Å². The zero-order valence-electron chi connectivity index (χ0n) is 9.44. The summed E-state index contributed by atoms with van der Waals surface area (Å²) in [5, 5.41) is 1.24. The van der Waals surface area contributed by atoms with Crippen LogP contribution in [0.25, 0.3) is 0 Å². The molecule has 0 amide bonds. The average molecular weight is 198 g/mol. The molecule has 0 radical (unpaired) electrons. The van der Waals surface area contributed by atoms with Gasteiger partial charge in [-0.1, -0.05) is 51.7 Å². The van der Waals surface area contributed by atoms with Crippen LogP contribution in [0.3, 0.4) is 0 Å². The first-order valence-electron chi connectivity index (χ1n) is 5.75. The van der Waals surface area contributed by atoms with Crippen LogP contribution in [0.15, 0.2) is 0 Å². The Morgan fingerprint density at radius 1 is 1.23 bits per heavy atom. The molecule has 0 saturated carbocycles. The molecule has 0 fully saturated rings. The van der Waals surface area contributed by atoms with Crippen molar-refractivity contribution in [3.05, 3.63) is 0 Å². The molecule has 1 atom stereocenters. The lowest BCUT2D eigenvalue weighted by molar-refractivity contribution is -0.115. The van der Waals surface area contributed by atoms with Gasteiger partial charge in [-0.2, -0.15) is 0 Å². The molecular weight excluding hydrogens is 175 g/mol. The van der Waals surface area contributed by atoms with E-state index in [0.29, 0.717) is 10.6 Å². The number of unbranched alkanes of at least 4 members (excludes halogenated alkanes) is 3. The SMILES string of the molecule is CCCCC[CH2][AlH][C](=O)C(C)CC. The molecule has 1 unspecified atom stereocenters. The minimum absolute atomic E-state index is 0.345. The van der Waals surface area contributed by atoms with E-state index in [-0.39, 0.29) is 15.2 Å². The lowest BCUT2D eigenvalue weighted by atomic mass is 10.1. The maximum absolute atomic E-state index is 11.5. The van der Waals surface area contributed by atoms with Gasteiger partial charge in [0.2, 0.25) is 0 Å². The van der Waals surface area contributed by atoms with Gasteiger partial charge in [0.1, 0.15) is 0 Å². The Bertz CT molecular complexity index is 134. The summed E-state index contributed by atoms with van der Waals surface area (Å²) in [4.78, 5) is 11.5. The lowest BCUT2D eigenvalue weighted by Gasteiger charge is -2.05. The van der Waals surface area contributed by atoms with Gasteiger partial charge in [-0.15, -0.1) is 0 Å². The van der Waals surface area contributed by atoms with Crippen LogP contribution in [0.5, 0.6) is 0 Å². The summed E-state index contributed by atoms with van der Waals surface area (Å²) < 4.78 is 0.596. The summed E-state index contributed by atoms with van der Waals surface area (Å²) >= 11 is -0.390. The molecule has 0 spiro atoms. The molecule has 2 heteroatoms. The van der Waals surface area contributed by atoms with Crippen molar-refractivity contribution >= 4 is 19.9 Å². The molecule has 1 nitrogen and oxygen atoms in total. The quantitative estimate of drug-likeness (QED) is 0.433. The first-order chi connectivity index (χ1) is 6.22. The summed E-state index contributed by atoms with van der Waals surface area (Å²) in [5.41, 5.74) is 0. The van der Waals surface area contributed by atoms with Crippen LogP contribution in [0.1, 0.15) is 52.9 Å². The Hall–Kier alpha value is 0.202. The van der Waals surface area contributed by atoms with Crippen LogP contribution in [-0.4, -0.2) is 19.9 Å². The van der Waals surface area contributed by atoms with Crippen molar-refractivity contribution < 1.29 is 4.79 Å². The first kappa shape index (κ1) is 13.2. The molecule has 0 bridgehead atoms. The second-order valence-electron chi connectivity index (χ2n) is 3.94. The standard InChI is InChI=1S/C6H13.C5H9O.Al.H/c1-3-5-6-4-2;1-3-5(2)4-6;;/h1,3-6H2,2H3;5H,3H2,1-2H3;;. The van der Waals surface area contributed by atoms with E-state index in [9.17, 15) is 4.79 Å². The van der Waals surface area contributed by atoms with Crippen molar-refractivity contribution in [1.82, 2.24) is 0 Å². The van der Waals surface area contributed by atoms with E-state index in [1.165, 1.54) is 31.0 Å². The van der Waals surface area contributed by atoms with Gasteiger partial charge in [-0.25, -0.2) is 0 Å². The van der Waals surface area contributed by atoms with E-state index in [1.54, 1.807) is 0 Å². The maximum atomic E-state index is 11.5. The third-order valence-corrected chi connectivity index (χ3v) is 4.73. The molecule has 0 aromatic rings. The van der Waals surface area contributed by atoms with Gasteiger partial charge in [0, 0.05) is 4.65 Å². The first-order valence-corrected chi connectivity index (χ1v) is 7.45. The van der Waals surface area contributed by atoms with Crippen LogP contribution in [0.2, 0.25) is 5.28 Å². The zero-order valence-corrected chi connectivity index (χ0v) is 10.8. The van der Waals surface area contributed by atoms with Crippen LogP contribution in [-0.2, 0) is 4.79 Å². The van der Waals surface area contributed by atoms with E-state index in [2.05, 4.69) is 20.8 Å². The van der Waals surface area contributed by atoms with E-state index < -0.39 is 0 Å². The fourth-order valence-electron chi connectivity index (χ4n) is 1.38. The minimum Gasteiger partial charge on any atom is -0.321 e. The van der Waals surface area contributed by atoms with Crippen LogP contribution in [0.4, 0.5) is 0 Å². The number of carbonyl (C=O) groups is 1. The molecule has 0 aliphatic rings. The van der Waals surface area contributed by atoms with E-state index in [0.717, 1.165) is 6.42 Å². The largest absolute Gasteiger partial charge is 0.343 e. The van der Waals surface area contributed by atoms with Crippen LogP contribution in [0, 0.1) is 5.92 Å². The van der Waals surface area contributed by atoms with Gasteiger partial charge in [0.05, 0.1) is 0 Å². The Morgan fingerprint density at radius 3 is 2.46 bits per heavy atom. The average Bonchev–Trinajstić information content (AvgIpc) is 2.16.